The lowest BCUT2D eigenvalue weighted by Gasteiger charge is -2.31. The lowest BCUT2D eigenvalue weighted by atomic mass is 9.97. The first kappa shape index (κ1) is 25.5. The van der Waals surface area contributed by atoms with Crippen LogP contribution in [0.5, 0.6) is 0 Å². The molecule has 1 saturated heterocycles. The van der Waals surface area contributed by atoms with E-state index < -0.39 is 22.7 Å². The quantitative estimate of drug-likeness (QED) is 0.342. The second-order valence-electron chi connectivity index (χ2n) is 8.98. The van der Waals surface area contributed by atoms with Gasteiger partial charge in [0, 0.05) is 41.7 Å². The number of carbonyl (C=O) groups excluding carboxylic acids is 1. The Hall–Kier alpha value is -3.12. The zero-order valence-corrected chi connectivity index (χ0v) is 21.6. The van der Waals surface area contributed by atoms with Gasteiger partial charge in [-0.3, -0.25) is 18.7 Å². The van der Waals surface area contributed by atoms with Crippen LogP contribution in [0.2, 0.25) is 0 Å². The van der Waals surface area contributed by atoms with Crippen LogP contribution in [-0.4, -0.2) is 47.9 Å². The number of fused-ring (bicyclic) bond motifs is 1. The molecule has 1 aliphatic rings. The van der Waals surface area contributed by atoms with Crippen molar-refractivity contribution in [2.75, 3.05) is 13.1 Å². The number of carbonyl (C=O) groups is 1. The smallest absolute Gasteiger partial charge is 0.341 e. The Morgan fingerprint density at radius 3 is 2.68 bits per heavy atom. The molecule has 0 radical (unpaired) electrons. The van der Waals surface area contributed by atoms with Crippen molar-refractivity contribution in [1.82, 2.24) is 24.6 Å². The van der Waals surface area contributed by atoms with Crippen LogP contribution < -0.4 is 0 Å². The van der Waals surface area contributed by atoms with Crippen LogP contribution in [0.4, 0.5) is 13.2 Å². The van der Waals surface area contributed by atoms with Gasteiger partial charge in [0.15, 0.2) is 5.69 Å². The Kier molecular flexibility index (Phi) is 7.13. The number of pyridine rings is 1. The number of aromatic nitrogens is 4. The molecule has 4 aromatic rings. The van der Waals surface area contributed by atoms with E-state index >= 15 is 0 Å². The van der Waals surface area contributed by atoms with E-state index in [1.165, 1.54) is 18.3 Å². The molecule has 5 rings (SSSR count). The van der Waals surface area contributed by atoms with Crippen LogP contribution in [0.3, 0.4) is 0 Å². The van der Waals surface area contributed by atoms with E-state index in [0.717, 1.165) is 32.4 Å². The van der Waals surface area contributed by atoms with Crippen LogP contribution in [0, 0.1) is 6.92 Å². The second kappa shape index (κ2) is 10.3. The number of likely N-dealkylation sites (tertiary alicyclic amines) is 1. The summed E-state index contributed by atoms with van der Waals surface area (Å²) in [5, 5.41) is 7.38. The van der Waals surface area contributed by atoms with Crippen LogP contribution in [-0.2, 0) is 34.1 Å². The fourth-order valence-electron chi connectivity index (χ4n) is 4.46. The summed E-state index contributed by atoms with van der Waals surface area (Å²) in [5.41, 5.74) is 0.798. The van der Waals surface area contributed by atoms with Gasteiger partial charge in [0.1, 0.15) is 6.54 Å². The topological polar surface area (TPSA) is 81.0 Å². The second-order valence-corrected chi connectivity index (χ2v) is 11.3. The van der Waals surface area contributed by atoms with Gasteiger partial charge >= 0.3 is 6.18 Å². The molecule has 1 unspecified atom stereocenters. The van der Waals surface area contributed by atoms with Crippen molar-refractivity contribution in [3.05, 3.63) is 70.1 Å². The number of nitrogens with zero attached hydrogens (tertiary/aromatic N) is 5. The number of para-hydroxylation sites is 1. The van der Waals surface area contributed by atoms with Gasteiger partial charge in [-0.1, -0.05) is 18.2 Å². The SMILES string of the molecule is Cc1cc(C(F)(F)F)nn1CC(=O)N1CCC(c2nc(CS(=O)c3cccc4cccnc34)cs2)CC1. The number of halogens is 3. The summed E-state index contributed by atoms with van der Waals surface area (Å²) in [6.07, 6.45) is -1.43. The average Bonchev–Trinajstić information content (AvgIpc) is 3.50. The summed E-state index contributed by atoms with van der Waals surface area (Å²) in [6.45, 7) is 2.28. The molecule has 0 spiro atoms. The van der Waals surface area contributed by atoms with Crippen LogP contribution in [0.25, 0.3) is 10.9 Å². The maximum absolute atomic E-state index is 13.1. The van der Waals surface area contributed by atoms with Crippen molar-refractivity contribution in [3.63, 3.8) is 0 Å². The van der Waals surface area contributed by atoms with Crippen molar-refractivity contribution in [2.24, 2.45) is 0 Å². The van der Waals surface area contributed by atoms with Crippen molar-refractivity contribution in [2.45, 2.75) is 49.1 Å². The molecular formula is C25H24F3N5O2S2. The van der Waals surface area contributed by atoms with Gasteiger partial charge in [-0.05, 0) is 38.0 Å². The number of amides is 1. The molecule has 1 aromatic carbocycles. The van der Waals surface area contributed by atoms with E-state index in [1.54, 1.807) is 11.1 Å². The van der Waals surface area contributed by atoms with E-state index in [9.17, 15) is 22.2 Å². The van der Waals surface area contributed by atoms with Crippen LogP contribution >= 0.6 is 11.3 Å². The molecule has 1 aliphatic heterocycles. The predicted octanol–water partition coefficient (Wildman–Crippen LogP) is 4.93. The molecule has 0 bridgehead atoms. The Morgan fingerprint density at radius 2 is 1.95 bits per heavy atom. The molecule has 3 aromatic heterocycles. The summed E-state index contributed by atoms with van der Waals surface area (Å²) in [7, 11) is -1.29. The molecule has 4 heterocycles. The van der Waals surface area contributed by atoms with Gasteiger partial charge in [0.2, 0.25) is 5.91 Å². The minimum absolute atomic E-state index is 0.179. The summed E-state index contributed by atoms with van der Waals surface area (Å²) in [5.74, 6) is 0.225. The summed E-state index contributed by atoms with van der Waals surface area (Å²) >= 11 is 1.53. The third kappa shape index (κ3) is 5.59. The normalized spacial score (nSPS) is 15.8. The van der Waals surface area contributed by atoms with Crippen molar-refractivity contribution in [1.29, 1.82) is 0 Å². The molecule has 0 saturated carbocycles. The first-order valence-electron chi connectivity index (χ1n) is 11.7. The number of aryl methyl sites for hydroxylation is 1. The number of benzene rings is 1. The highest BCUT2D eigenvalue weighted by atomic mass is 32.2. The highest BCUT2D eigenvalue weighted by Gasteiger charge is 2.35. The highest BCUT2D eigenvalue weighted by molar-refractivity contribution is 7.84. The number of piperidine rings is 1. The van der Waals surface area contributed by atoms with Crippen molar-refractivity contribution >= 4 is 38.9 Å². The lowest BCUT2D eigenvalue weighted by Crippen LogP contribution is -2.40. The van der Waals surface area contributed by atoms with Gasteiger partial charge in [-0.15, -0.1) is 11.3 Å². The largest absolute Gasteiger partial charge is 0.435 e. The third-order valence-corrected chi connectivity index (χ3v) is 8.88. The molecule has 12 heteroatoms. The number of hydrogen-bond acceptors (Lipinski definition) is 6. The Labute approximate surface area is 217 Å². The highest BCUT2D eigenvalue weighted by Crippen LogP contribution is 2.32. The minimum Gasteiger partial charge on any atom is -0.341 e. The molecule has 1 atom stereocenters. The molecule has 37 heavy (non-hydrogen) atoms. The predicted molar refractivity (Wildman–Crippen MR) is 134 cm³/mol. The van der Waals surface area contributed by atoms with E-state index in [1.807, 2.05) is 35.7 Å². The molecule has 1 amide bonds. The molecule has 7 nitrogen and oxygen atoms in total. The Bertz CT molecular complexity index is 1450. The molecule has 0 N–H and O–H groups in total. The van der Waals surface area contributed by atoms with E-state index in [0.29, 0.717) is 42.3 Å². The van der Waals surface area contributed by atoms with Gasteiger partial charge in [0.05, 0.1) is 37.7 Å². The monoisotopic (exact) mass is 547 g/mol. The standard InChI is InChI=1S/C25H24F3N5O2S2/c1-16-12-21(25(26,27)28)31-33(16)13-22(34)32-10-7-18(8-11-32)24-30-19(14-36-24)15-37(35)20-6-2-4-17-5-3-9-29-23(17)20/h2-6,9,12,14,18H,7-8,10-11,13,15H2,1H3. The van der Waals surface area contributed by atoms with Gasteiger partial charge < -0.3 is 4.90 Å². The zero-order chi connectivity index (χ0) is 26.2. The molecule has 0 aliphatic carbocycles. The van der Waals surface area contributed by atoms with E-state index in [4.69, 9.17) is 4.98 Å². The fourth-order valence-corrected chi connectivity index (χ4v) is 6.75. The maximum atomic E-state index is 13.1. The lowest BCUT2D eigenvalue weighted by molar-refractivity contribution is -0.142. The van der Waals surface area contributed by atoms with Gasteiger partial charge in [0.25, 0.3) is 0 Å². The van der Waals surface area contributed by atoms with Crippen LogP contribution in [0.1, 0.15) is 40.8 Å². The third-order valence-electron chi connectivity index (χ3n) is 6.44. The van der Waals surface area contributed by atoms with Crippen molar-refractivity contribution < 1.29 is 22.2 Å². The number of hydrogen-bond donors (Lipinski definition) is 0. The number of thiazole rings is 1. The van der Waals surface area contributed by atoms with Gasteiger partial charge in [-0.2, -0.15) is 18.3 Å². The summed E-state index contributed by atoms with van der Waals surface area (Å²) in [6, 6.07) is 10.4. The number of alkyl halides is 3. The Balaban J connectivity index is 1.18. The molecular weight excluding hydrogens is 523 g/mol. The average molecular weight is 548 g/mol. The minimum atomic E-state index is -4.54. The summed E-state index contributed by atoms with van der Waals surface area (Å²) in [4.78, 5) is 24.2. The van der Waals surface area contributed by atoms with Gasteiger partial charge in [-0.25, -0.2) is 4.98 Å². The van der Waals surface area contributed by atoms with E-state index in [-0.39, 0.29) is 18.4 Å². The summed E-state index contributed by atoms with van der Waals surface area (Å²) < 4.78 is 52.9. The first-order chi connectivity index (χ1) is 17.7. The number of rotatable bonds is 6. The molecule has 194 valence electrons. The van der Waals surface area contributed by atoms with Crippen molar-refractivity contribution in [3.8, 4) is 0 Å². The fraction of sp³-hybridized carbons (Fsp3) is 0.360. The first-order valence-corrected chi connectivity index (χ1v) is 13.9. The molecule has 1 fully saturated rings. The van der Waals surface area contributed by atoms with E-state index in [2.05, 4.69) is 10.1 Å². The van der Waals surface area contributed by atoms with Crippen LogP contribution in [0.15, 0.2) is 52.9 Å². The zero-order valence-electron chi connectivity index (χ0n) is 19.9. The Morgan fingerprint density at radius 1 is 1.19 bits per heavy atom. The maximum Gasteiger partial charge on any atom is 0.435 e.